The van der Waals surface area contributed by atoms with E-state index in [9.17, 15) is 9.18 Å². The van der Waals surface area contributed by atoms with Crippen LogP contribution in [0.1, 0.15) is 23.7 Å². The number of nitrogen functional groups attached to an aromatic ring is 1. The van der Waals surface area contributed by atoms with E-state index < -0.39 is 5.82 Å². The van der Waals surface area contributed by atoms with Crippen LogP contribution in [0.15, 0.2) is 18.2 Å². The van der Waals surface area contributed by atoms with E-state index in [1.54, 1.807) is 0 Å². The molecule has 0 heterocycles. The maximum atomic E-state index is 13.1. The maximum Gasteiger partial charge on any atom is 0.253 e. The van der Waals surface area contributed by atoms with Crippen molar-refractivity contribution in [3.05, 3.63) is 29.6 Å². The summed E-state index contributed by atoms with van der Waals surface area (Å²) >= 11 is 0. The summed E-state index contributed by atoms with van der Waals surface area (Å²) < 4.78 is 18.2. The van der Waals surface area contributed by atoms with Gasteiger partial charge in [0.1, 0.15) is 5.82 Å². The predicted octanol–water partition coefficient (Wildman–Crippen LogP) is 1.56. The van der Waals surface area contributed by atoms with E-state index in [1.165, 1.54) is 18.2 Å². The van der Waals surface area contributed by atoms with Gasteiger partial charge in [0.25, 0.3) is 5.91 Å². The number of amides is 1. The quantitative estimate of drug-likeness (QED) is 0.586. The van der Waals surface area contributed by atoms with E-state index in [2.05, 4.69) is 5.32 Å². The van der Waals surface area contributed by atoms with Gasteiger partial charge in [-0.05, 0) is 25.5 Å². The van der Waals surface area contributed by atoms with Crippen LogP contribution in [0.3, 0.4) is 0 Å². The summed E-state index contributed by atoms with van der Waals surface area (Å²) in [6.07, 6.45) is 0.717. The molecular weight excluding hydrogens is 223 g/mol. The van der Waals surface area contributed by atoms with Crippen LogP contribution in [0.4, 0.5) is 10.1 Å². The minimum absolute atomic E-state index is 0.116. The first-order chi connectivity index (χ1) is 8.16. The number of anilines is 1. The number of benzene rings is 1. The fourth-order valence-electron chi connectivity index (χ4n) is 1.35. The molecule has 0 fully saturated rings. The summed E-state index contributed by atoms with van der Waals surface area (Å²) in [4.78, 5) is 11.7. The third kappa shape index (κ3) is 4.03. The van der Waals surface area contributed by atoms with Gasteiger partial charge in [0, 0.05) is 19.8 Å². The van der Waals surface area contributed by atoms with Gasteiger partial charge >= 0.3 is 0 Å². The Kier molecular flexibility index (Phi) is 5.42. The molecule has 1 amide bonds. The van der Waals surface area contributed by atoms with Crippen molar-refractivity contribution in [3.63, 3.8) is 0 Å². The molecule has 0 aliphatic rings. The second-order valence-corrected chi connectivity index (χ2v) is 3.51. The lowest BCUT2D eigenvalue weighted by molar-refractivity contribution is 0.0945. The Labute approximate surface area is 100.0 Å². The number of nitrogens with two attached hydrogens (primary N) is 1. The highest BCUT2D eigenvalue weighted by Gasteiger charge is 2.11. The zero-order chi connectivity index (χ0) is 12.7. The number of hydrogen-bond acceptors (Lipinski definition) is 3. The predicted molar refractivity (Wildman–Crippen MR) is 64.3 cm³/mol. The number of nitrogens with one attached hydrogen (secondary N) is 1. The van der Waals surface area contributed by atoms with Gasteiger partial charge in [-0.15, -0.1) is 0 Å². The maximum absolute atomic E-state index is 13.1. The van der Waals surface area contributed by atoms with Gasteiger partial charge in [-0.25, -0.2) is 4.39 Å². The fraction of sp³-hybridized carbons (Fsp3) is 0.417. The summed E-state index contributed by atoms with van der Waals surface area (Å²) in [5, 5.41) is 2.66. The Hall–Kier alpha value is -1.62. The van der Waals surface area contributed by atoms with Gasteiger partial charge in [-0.2, -0.15) is 0 Å². The van der Waals surface area contributed by atoms with E-state index in [0.29, 0.717) is 19.8 Å². The molecule has 94 valence electrons. The summed E-state index contributed by atoms with van der Waals surface area (Å²) in [6.45, 7) is 3.64. The Morgan fingerprint density at radius 2 is 2.29 bits per heavy atom. The molecule has 0 aliphatic carbocycles. The summed E-state index contributed by atoms with van der Waals surface area (Å²) in [5.74, 6) is -0.939. The first-order valence-corrected chi connectivity index (χ1v) is 5.56. The van der Waals surface area contributed by atoms with Crippen molar-refractivity contribution in [2.75, 3.05) is 25.5 Å². The molecule has 3 N–H and O–H groups in total. The normalized spacial score (nSPS) is 10.2. The number of para-hydroxylation sites is 1. The van der Waals surface area contributed by atoms with Crippen LogP contribution in [-0.2, 0) is 4.74 Å². The van der Waals surface area contributed by atoms with Gasteiger partial charge in [0.05, 0.1) is 11.3 Å². The first kappa shape index (κ1) is 13.4. The van der Waals surface area contributed by atoms with Crippen molar-refractivity contribution < 1.29 is 13.9 Å². The summed E-state index contributed by atoms with van der Waals surface area (Å²) in [6, 6.07) is 4.18. The molecule has 17 heavy (non-hydrogen) atoms. The van der Waals surface area contributed by atoms with E-state index in [0.717, 1.165) is 6.42 Å². The molecule has 0 unspecified atom stereocenters. The average Bonchev–Trinajstić information content (AvgIpc) is 2.32. The minimum Gasteiger partial charge on any atom is -0.396 e. The highest BCUT2D eigenvalue weighted by atomic mass is 19.1. The van der Waals surface area contributed by atoms with Crippen molar-refractivity contribution >= 4 is 11.6 Å². The van der Waals surface area contributed by atoms with Crippen LogP contribution in [0.25, 0.3) is 0 Å². The van der Waals surface area contributed by atoms with Crippen LogP contribution >= 0.6 is 0 Å². The molecule has 0 atom stereocenters. The lowest BCUT2D eigenvalue weighted by Crippen LogP contribution is -2.26. The van der Waals surface area contributed by atoms with E-state index in [-0.39, 0.29) is 17.2 Å². The zero-order valence-electron chi connectivity index (χ0n) is 9.83. The fourth-order valence-corrected chi connectivity index (χ4v) is 1.35. The van der Waals surface area contributed by atoms with Crippen molar-refractivity contribution in [2.45, 2.75) is 13.3 Å². The lowest BCUT2D eigenvalue weighted by Gasteiger charge is -2.07. The molecule has 1 rings (SSSR count). The summed E-state index contributed by atoms with van der Waals surface area (Å²) in [7, 11) is 0. The van der Waals surface area contributed by atoms with Crippen molar-refractivity contribution in [3.8, 4) is 0 Å². The molecule has 4 nitrogen and oxygen atoms in total. The third-order valence-corrected chi connectivity index (χ3v) is 2.25. The minimum atomic E-state index is -0.577. The molecule has 0 radical (unpaired) electrons. The Bertz CT molecular complexity index is 383. The Balaban J connectivity index is 2.44. The number of carbonyl (C=O) groups is 1. The lowest BCUT2D eigenvalue weighted by atomic mass is 10.1. The van der Waals surface area contributed by atoms with Crippen LogP contribution in [-0.4, -0.2) is 25.7 Å². The van der Waals surface area contributed by atoms with Crippen molar-refractivity contribution in [1.82, 2.24) is 5.32 Å². The molecule has 0 saturated heterocycles. The smallest absolute Gasteiger partial charge is 0.253 e. The van der Waals surface area contributed by atoms with Gasteiger partial charge in [-0.1, -0.05) is 6.07 Å². The molecule has 1 aromatic rings. The number of halogens is 1. The molecule has 0 saturated carbocycles. The molecule has 0 spiro atoms. The summed E-state index contributed by atoms with van der Waals surface area (Å²) in [5.41, 5.74) is 5.53. The molecule has 5 heteroatoms. The van der Waals surface area contributed by atoms with Crippen LogP contribution in [0, 0.1) is 5.82 Å². The number of hydrogen-bond donors (Lipinski definition) is 2. The monoisotopic (exact) mass is 240 g/mol. The second-order valence-electron chi connectivity index (χ2n) is 3.51. The zero-order valence-corrected chi connectivity index (χ0v) is 9.83. The van der Waals surface area contributed by atoms with Crippen LogP contribution in [0.2, 0.25) is 0 Å². The topological polar surface area (TPSA) is 64.3 Å². The Morgan fingerprint density at radius 1 is 1.53 bits per heavy atom. The Morgan fingerprint density at radius 3 is 3.00 bits per heavy atom. The molecule has 1 aromatic carbocycles. The van der Waals surface area contributed by atoms with Gasteiger partial charge in [0.2, 0.25) is 0 Å². The molecular formula is C12H17FN2O2. The van der Waals surface area contributed by atoms with E-state index in [1.807, 2.05) is 6.92 Å². The third-order valence-electron chi connectivity index (χ3n) is 2.25. The molecule has 0 bridgehead atoms. The van der Waals surface area contributed by atoms with Gasteiger partial charge < -0.3 is 15.8 Å². The highest BCUT2D eigenvalue weighted by Crippen LogP contribution is 2.15. The van der Waals surface area contributed by atoms with E-state index in [4.69, 9.17) is 10.5 Å². The number of carbonyl (C=O) groups excluding carboxylic acids is 1. The SMILES string of the molecule is CCOCCCNC(=O)c1cccc(F)c1N. The van der Waals surface area contributed by atoms with Crippen molar-refractivity contribution in [1.29, 1.82) is 0 Å². The number of ether oxygens (including phenoxy) is 1. The second kappa shape index (κ2) is 6.85. The van der Waals surface area contributed by atoms with Gasteiger partial charge in [0.15, 0.2) is 0 Å². The average molecular weight is 240 g/mol. The first-order valence-electron chi connectivity index (χ1n) is 5.56. The van der Waals surface area contributed by atoms with E-state index >= 15 is 0 Å². The molecule has 0 aromatic heterocycles. The molecule has 0 aliphatic heterocycles. The largest absolute Gasteiger partial charge is 0.396 e. The number of rotatable bonds is 6. The highest BCUT2D eigenvalue weighted by molar-refractivity contribution is 5.99. The standard InChI is InChI=1S/C12H17FN2O2/c1-2-17-8-4-7-15-12(16)9-5-3-6-10(13)11(9)14/h3,5-6H,2,4,7-8,14H2,1H3,(H,15,16). The van der Waals surface area contributed by atoms with Gasteiger partial charge in [-0.3, -0.25) is 4.79 Å². The van der Waals surface area contributed by atoms with Crippen LogP contribution < -0.4 is 11.1 Å². The van der Waals surface area contributed by atoms with Crippen molar-refractivity contribution in [2.24, 2.45) is 0 Å². The van der Waals surface area contributed by atoms with Crippen LogP contribution in [0.5, 0.6) is 0 Å².